The van der Waals surface area contributed by atoms with E-state index in [9.17, 15) is 0 Å². The van der Waals surface area contributed by atoms with E-state index in [0.29, 0.717) is 0 Å². The van der Waals surface area contributed by atoms with Gasteiger partial charge in [0.25, 0.3) is 0 Å². The lowest BCUT2D eigenvalue weighted by molar-refractivity contribution is 0.386. The highest BCUT2D eigenvalue weighted by atomic mass is 14.7. The van der Waals surface area contributed by atoms with Crippen molar-refractivity contribution in [1.82, 2.24) is 0 Å². The molecule has 0 aromatic carbocycles. The van der Waals surface area contributed by atoms with Crippen LogP contribution in [0.15, 0.2) is 0 Å². The molecule has 0 amide bonds. The molecule has 2 rings (SSSR count). The number of fused-ring (bicyclic) bond motifs is 1. The van der Waals surface area contributed by atoms with E-state index in [1.165, 1.54) is 19.3 Å². The molecule has 2 fully saturated rings. The first-order valence-corrected chi connectivity index (χ1v) is 5.55. The van der Waals surface area contributed by atoms with Gasteiger partial charge in [-0.05, 0) is 48.3 Å². The van der Waals surface area contributed by atoms with E-state index in [2.05, 4.69) is 27.7 Å². The lowest BCUT2D eigenvalue weighted by Gasteiger charge is -2.12. The number of hydrogen-bond donors (Lipinski definition) is 0. The Morgan fingerprint density at radius 2 is 2.08 bits per heavy atom. The predicted octanol–water partition coefficient (Wildman–Crippen LogP) is 3.71. The summed E-state index contributed by atoms with van der Waals surface area (Å²) in [5, 5.41) is 0. The molecule has 4 unspecified atom stereocenters. The van der Waals surface area contributed by atoms with Gasteiger partial charge in [0.2, 0.25) is 0 Å². The minimum Gasteiger partial charge on any atom is -0.0628 e. The molecule has 2 saturated carbocycles. The maximum atomic E-state index is 2.52. The lowest BCUT2D eigenvalue weighted by Crippen LogP contribution is -2.02. The topological polar surface area (TPSA) is 0 Å². The standard InChI is InChI=1S/C12H22/c1-8(2)7-10-11-9(3)5-6-12(10,11)4/h8-11H,5-7H2,1-4H3. The summed E-state index contributed by atoms with van der Waals surface area (Å²) in [5.41, 5.74) is 0.781. The highest BCUT2D eigenvalue weighted by Gasteiger charge is 2.65. The highest BCUT2D eigenvalue weighted by Crippen LogP contribution is 2.71. The minimum atomic E-state index is 0.781. The molecule has 0 aliphatic heterocycles. The van der Waals surface area contributed by atoms with Gasteiger partial charge in [-0.15, -0.1) is 0 Å². The molecular weight excluding hydrogens is 144 g/mol. The molecule has 0 aromatic heterocycles. The number of hydrogen-bond acceptors (Lipinski definition) is 0. The Bertz CT molecular complexity index is 182. The molecular formula is C12H22. The normalized spacial score (nSPS) is 51.2. The number of rotatable bonds is 2. The zero-order valence-corrected chi connectivity index (χ0v) is 8.93. The molecule has 0 nitrogen and oxygen atoms in total. The smallest absolute Gasteiger partial charge is 0.0261 e. The van der Waals surface area contributed by atoms with Gasteiger partial charge >= 0.3 is 0 Å². The molecule has 0 radical (unpaired) electrons. The second-order valence-electron chi connectivity index (χ2n) is 5.78. The fourth-order valence-electron chi connectivity index (χ4n) is 3.74. The molecule has 2 aliphatic rings. The van der Waals surface area contributed by atoms with Crippen LogP contribution in [0.2, 0.25) is 0 Å². The molecule has 0 spiro atoms. The third kappa shape index (κ3) is 1.03. The lowest BCUT2D eigenvalue weighted by atomic mass is 9.93. The first-order chi connectivity index (χ1) is 5.55. The van der Waals surface area contributed by atoms with Crippen molar-refractivity contribution in [2.75, 3.05) is 0 Å². The average Bonchev–Trinajstić information content (AvgIpc) is 2.37. The van der Waals surface area contributed by atoms with E-state index in [1.54, 1.807) is 0 Å². The molecule has 0 aromatic rings. The van der Waals surface area contributed by atoms with Crippen molar-refractivity contribution in [3.63, 3.8) is 0 Å². The minimum absolute atomic E-state index is 0.781. The van der Waals surface area contributed by atoms with Crippen LogP contribution in [-0.2, 0) is 0 Å². The second-order valence-corrected chi connectivity index (χ2v) is 5.78. The van der Waals surface area contributed by atoms with Crippen LogP contribution in [-0.4, -0.2) is 0 Å². The predicted molar refractivity (Wildman–Crippen MR) is 52.9 cm³/mol. The molecule has 0 N–H and O–H groups in total. The van der Waals surface area contributed by atoms with Gasteiger partial charge in [0.15, 0.2) is 0 Å². The van der Waals surface area contributed by atoms with Crippen LogP contribution in [0.1, 0.15) is 47.0 Å². The summed E-state index contributed by atoms with van der Waals surface area (Å²) in [7, 11) is 0. The first kappa shape index (κ1) is 8.59. The van der Waals surface area contributed by atoms with Gasteiger partial charge in [-0.1, -0.05) is 27.7 Å². The van der Waals surface area contributed by atoms with E-state index in [1.807, 2.05) is 0 Å². The van der Waals surface area contributed by atoms with Crippen molar-refractivity contribution in [1.29, 1.82) is 0 Å². The maximum absolute atomic E-state index is 2.52. The molecule has 0 bridgehead atoms. The monoisotopic (exact) mass is 166 g/mol. The Balaban J connectivity index is 1.97. The van der Waals surface area contributed by atoms with Crippen LogP contribution in [0.3, 0.4) is 0 Å². The van der Waals surface area contributed by atoms with Gasteiger partial charge in [-0.2, -0.15) is 0 Å². The largest absolute Gasteiger partial charge is 0.0628 e. The summed E-state index contributed by atoms with van der Waals surface area (Å²) in [5.74, 6) is 4.12. The van der Waals surface area contributed by atoms with Crippen LogP contribution < -0.4 is 0 Å². The Morgan fingerprint density at radius 1 is 1.42 bits per heavy atom. The Morgan fingerprint density at radius 3 is 2.50 bits per heavy atom. The summed E-state index contributed by atoms with van der Waals surface area (Å²) < 4.78 is 0. The molecule has 12 heavy (non-hydrogen) atoms. The quantitative estimate of drug-likeness (QED) is 0.586. The van der Waals surface area contributed by atoms with Crippen LogP contribution >= 0.6 is 0 Å². The van der Waals surface area contributed by atoms with Gasteiger partial charge in [0.1, 0.15) is 0 Å². The molecule has 0 heterocycles. The fourth-order valence-corrected chi connectivity index (χ4v) is 3.74. The van der Waals surface area contributed by atoms with E-state index >= 15 is 0 Å². The average molecular weight is 166 g/mol. The van der Waals surface area contributed by atoms with Gasteiger partial charge in [-0.3, -0.25) is 0 Å². The van der Waals surface area contributed by atoms with Crippen molar-refractivity contribution < 1.29 is 0 Å². The molecule has 0 heteroatoms. The third-order valence-corrected chi connectivity index (χ3v) is 4.41. The zero-order valence-electron chi connectivity index (χ0n) is 8.93. The first-order valence-electron chi connectivity index (χ1n) is 5.55. The SMILES string of the molecule is CC(C)CC1C2C(C)CCC12C. The van der Waals surface area contributed by atoms with Crippen molar-refractivity contribution in [3.05, 3.63) is 0 Å². The van der Waals surface area contributed by atoms with E-state index in [4.69, 9.17) is 0 Å². The van der Waals surface area contributed by atoms with Crippen LogP contribution in [0, 0.1) is 29.1 Å². The fraction of sp³-hybridized carbons (Fsp3) is 1.00. The molecule has 0 saturated heterocycles. The van der Waals surface area contributed by atoms with Gasteiger partial charge in [0.05, 0.1) is 0 Å². The zero-order chi connectivity index (χ0) is 8.93. The summed E-state index contributed by atoms with van der Waals surface area (Å²) >= 11 is 0. The van der Waals surface area contributed by atoms with E-state index < -0.39 is 0 Å². The van der Waals surface area contributed by atoms with Gasteiger partial charge < -0.3 is 0 Å². The summed E-state index contributed by atoms with van der Waals surface area (Å²) in [6, 6.07) is 0. The van der Waals surface area contributed by atoms with E-state index in [0.717, 1.165) is 29.1 Å². The third-order valence-electron chi connectivity index (χ3n) is 4.41. The Labute approximate surface area is 76.7 Å². The van der Waals surface area contributed by atoms with E-state index in [-0.39, 0.29) is 0 Å². The van der Waals surface area contributed by atoms with Crippen molar-refractivity contribution >= 4 is 0 Å². The summed E-state index contributed by atoms with van der Waals surface area (Å²) in [4.78, 5) is 0. The van der Waals surface area contributed by atoms with Crippen LogP contribution in [0.5, 0.6) is 0 Å². The van der Waals surface area contributed by atoms with Crippen molar-refractivity contribution in [2.45, 2.75) is 47.0 Å². The van der Waals surface area contributed by atoms with Crippen LogP contribution in [0.25, 0.3) is 0 Å². The van der Waals surface area contributed by atoms with Crippen molar-refractivity contribution in [3.8, 4) is 0 Å². The Hall–Kier alpha value is 0. The Kier molecular flexibility index (Phi) is 1.79. The second kappa shape index (κ2) is 2.49. The van der Waals surface area contributed by atoms with Gasteiger partial charge in [-0.25, -0.2) is 0 Å². The highest BCUT2D eigenvalue weighted by molar-refractivity contribution is 5.13. The van der Waals surface area contributed by atoms with Gasteiger partial charge in [0, 0.05) is 0 Å². The molecule has 70 valence electrons. The molecule has 2 aliphatic carbocycles. The maximum Gasteiger partial charge on any atom is -0.0261 e. The summed E-state index contributed by atoms with van der Waals surface area (Å²) in [6.45, 7) is 9.70. The van der Waals surface area contributed by atoms with Crippen molar-refractivity contribution in [2.24, 2.45) is 29.1 Å². The van der Waals surface area contributed by atoms with Crippen LogP contribution in [0.4, 0.5) is 0 Å². The molecule has 4 atom stereocenters. The summed E-state index contributed by atoms with van der Waals surface area (Å²) in [6.07, 6.45) is 4.48.